The van der Waals surface area contributed by atoms with Crippen LogP contribution in [0.15, 0.2) is 22.6 Å². The van der Waals surface area contributed by atoms with Gasteiger partial charge in [-0.05, 0) is 18.2 Å². The highest BCUT2D eigenvalue weighted by molar-refractivity contribution is 7.99. The molecule has 7 heteroatoms. The molecule has 0 spiro atoms. The van der Waals surface area contributed by atoms with Gasteiger partial charge in [-0.2, -0.15) is 5.10 Å². The minimum absolute atomic E-state index is 0.494. The van der Waals surface area contributed by atoms with Gasteiger partial charge in [-0.3, -0.25) is 0 Å². The molecule has 0 aliphatic heterocycles. The van der Waals surface area contributed by atoms with Crippen molar-refractivity contribution in [1.29, 1.82) is 0 Å². The Kier molecular flexibility index (Phi) is 3.58. The van der Waals surface area contributed by atoms with Gasteiger partial charge in [0.15, 0.2) is 5.16 Å². The van der Waals surface area contributed by atoms with Gasteiger partial charge >= 0.3 is 0 Å². The van der Waals surface area contributed by atoms with Gasteiger partial charge in [0.1, 0.15) is 23.0 Å². The molecule has 0 fully saturated rings. The first-order valence-electron chi connectivity index (χ1n) is 5.34. The van der Waals surface area contributed by atoms with Crippen LogP contribution in [0.4, 0.5) is 5.82 Å². The number of aryl methyl sites for hydroxylation is 2. The number of hydrogen-bond donors (Lipinski definition) is 1. The van der Waals surface area contributed by atoms with Crippen LogP contribution in [0.1, 0.15) is 19.2 Å². The molecule has 0 aliphatic carbocycles. The summed E-state index contributed by atoms with van der Waals surface area (Å²) in [6.45, 7) is 2.09. The fourth-order valence-electron chi connectivity index (χ4n) is 1.35. The van der Waals surface area contributed by atoms with E-state index in [1.54, 1.807) is 10.7 Å². The summed E-state index contributed by atoms with van der Waals surface area (Å²) in [6, 6.07) is 1.75. The molecule has 90 valence electrons. The quantitative estimate of drug-likeness (QED) is 0.823. The van der Waals surface area contributed by atoms with Crippen LogP contribution in [0.3, 0.4) is 0 Å². The van der Waals surface area contributed by atoms with Crippen molar-refractivity contribution in [3.63, 3.8) is 0 Å². The second-order valence-electron chi connectivity index (χ2n) is 3.57. The molecule has 0 saturated carbocycles. The molecule has 0 saturated heterocycles. The van der Waals surface area contributed by atoms with Gasteiger partial charge in [0.2, 0.25) is 0 Å². The van der Waals surface area contributed by atoms with Crippen molar-refractivity contribution in [2.45, 2.75) is 29.9 Å². The van der Waals surface area contributed by atoms with E-state index in [1.807, 2.05) is 7.05 Å². The Balaban J connectivity index is 2.23. The van der Waals surface area contributed by atoms with E-state index in [9.17, 15) is 0 Å². The first kappa shape index (κ1) is 11.8. The zero-order valence-electron chi connectivity index (χ0n) is 9.79. The number of nitrogen functional groups attached to an aromatic ring is 1. The van der Waals surface area contributed by atoms with E-state index in [2.05, 4.69) is 27.0 Å². The van der Waals surface area contributed by atoms with Crippen molar-refractivity contribution in [2.24, 2.45) is 7.05 Å². The van der Waals surface area contributed by atoms with E-state index in [4.69, 9.17) is 5.73 Å². The average molecular weight is 250 g/mol. The monoisotopic (exact) mass is 250 g/mol. The molecule has 2 heterocycles. The largest absolute Gasteiger partial charge is 0.384 e. The molecule has 17 heavy (non-hydrogen) atoms. The van der Waals surface area contributed by atoms with Crippen molar-refractivity contribution >= 4 is 17.6 Å². The van der Waals surface area contributed by atoms with E-state index in [0.29, 0.717) is 5.82 Å². The van der Waals surface area contributed by atoms with Crippen LogP contribution in [0.25, 0.3) is 0 Å². The molecule has 0 unspecified atom stereocenters. The minimum atomic E-state index is 0.494. The zero-order chi connectivity index (χ0) is 12.3. The Hall–Kier alpha value is -1.63. The van der Waals surface area contributed by atoms with Crippen LogP contribution in [0.5, 0.6) is 0 Å². The third-order valence-electron chi connectivity index (χ3n) is 2.11. The summed E-state index contributed by atoms with van der Waals surface area (Å²) >= 11 is 1.43. The Morgan fingerprint density at radius 1 is 1.41 bits per heavy atom. The summed E-state index contributed by atoms with van der Waals surface area (Å²) in [6.07, 6.45) is 3.34. The SMILES string of the molecule is CCCc1nc(N)cc(Sc2ncnn2C)n1. The molecule has 2 rings (SSSR count). The molecule has 2 aromatic heterocycles. The standard InChI is InChI=1S/C10H14N6S/c1-3-4-8-14-7(11)5-9(15-8)17-10-12-6-13-16(10)2/h5-6H,3-4H2,1-2H3,(H2,11,14,15). The maximum absolute atomic E-state index is 5.75. The molecule has 0 radical (unpaired) electrons. The summed E-state index contributed by atoms with van der Waals surface area (Å²) in [5.74, 6) is 1.27. The number of anilines is 1. The fraction of sp³-hybridized carbons (Fsp3) is 0.400. The lowest BCUT2D eigenvalue weighted by Crippen LogP contribution is -2.01. The molecular formula is C10H14N6S. The van der Waals surface area contributed by atoms with E-state index >= 15 is 0 Å². The van der Waals surface area contributed by atoms with Crippen LogP contribution in [0, 0.1) is 0 Å². The van der Waals surface area contributed by atoms with Gasteiger partial charge in [0.25, 0.3) is 0 Å². The molecule has 6 nitrogen and oxygen atoms in total. The molecule has 2 N–H and O–H groups in total. The lowest BCUT2D eigenvalue weighted by atomic mass is 10.3. The summed E-state index contributed by atoms with van der Waals surface area (Å²) < 4.78 is 1.70. The summed E-state index contributed by atoms with van der Waals surface area (Å²) in [4.78, 5) is 12.7. The van der Waals surface area contributed by atoms with Crippen molar-refractivity contribution in [1.82, 2.24) is 24.7 Å². The Morgan fingerprint density at radius 3 is 2.88 bits per heavy atom. The van der Waals surface area contributed by atoms with Gasteiger partial charge in [-0.1, -0.05) is 6.92 Å². The van der Waals surface area contributed by atoms with Crippen LogP contribution in [-0.2, 0) is 13.5 Å². The summed E-state index contributed by atoms with van der Waals surface area (Å²) in [7, 11) is 1.84. The number of nitrogens with zero attached hydrogens (tertiary/aromatic N) is 5. The third-order valence-corrected chi connectivity index (χ3v) is 3.08. The van der Waals surface area contributed by atoms with Crippen LogP contribution in [-0.4, -0.2) is 24.7 Å². The molecule has 0 atom stereocenters. The zero-order valence-corrected chi connectivity index (χ0v) is 10.6. The van der Waals surface area contributed by atoms with E-state index in [0.717, 1.165) is 28.8 Å². The second-order valence-corrected chi connectivity index (χ2v) is 4.55. The molecule has 0 bridgehead atoms. The first-order chi connectivity index (χ1) is 8.19. The topological polar surface area (TPSA) is 82.5 Å². The minimum Gasteiger partial charge on any atom is -0.384 e. The molecule has 0 amide bonds. The Labute approximate surface area is 104 Å². The van der Waals surface area contributed by atoms with Gasteiger partial charge in [-0.15, -0.1) is 0 Å². The smallest absolute Gasteiger partial charge is 0.192 e. The first-order valence-corrected chi connectivity index (χ1v) is 6.16. The molecule has 0 aromatic carbocycles. The lowest BCUT2D eigenvalue weighted by Gasteiger charge is -2.04. The average Bonchev–Trinajstić information content (AvgIpc) is 2.64. The molecule has 2 aromatic rings. The normalized spacial score (nSPS) is 10.7. The van der Waals surface area contributed by atoms with Crippen molar-refractivity contribution in [2.75, 3.05) is 5.73 Å². The van der Waals surface area contributed by atoms with Gasteiger partial charge < -0.3 is 5.73 Å². The Bertz CT molecular complexity index is 509. The predicted molar refractivity (Wildman–Crippen MR) is 65.6 cm³/mol. The van der Waals surface area contributed by atoms with E-state index in [1.165, 1.54) is 18.1 Å². The highest BCUT2D eigenvalue weighted by atomic mass is 32.2. The molecule has 0 aliphatic rings. The van der Waals surface area contributed by atoms with Crippen molar-refractivity contribution < 1.29 is 0 Å². The van der Waals surface area contributed by atoms with Crippen molar-refractivity contribution in [3.05, 3.63) is 18.2 Å². The van der Waals surface area contributed by atoms with Crippen LogP contribution < -0.4 is 5.73 Å². The fourth-order valence-corrected chi connectivity index (χ4v) is 2.15. The highest BCUT2D eigenvalue weighted by Crippen LogP contribution is 2.24. The van der Waals surface area contributed by atoms with Gasteiger partial charge in [0.05, 0.1) is 0 Å². The number of nitrogens with two attached hydrogens (primary N) is 1. The van der Waals surface area contributed by atoms with Crippen LogP contribution in [0.2, 0.25) is 0 Å². The van der Waals surface area contributed by atoms with Crippen LogP contribution >= 0.6 is 11.8 Å². The Morgan fingerprint density at radius 2 is 2.24 bits per heavy atom. The number of rotatable bonds is 4. The summed E-state index contributed by atoms with van der Waals surface area (Å²) in [5, 5.41) is 5.59. The summed E-state index contributed by atoms with van der Waals surface area (Å²) in [5.41, 5.74) is 5.75. The lowest BCUT2D eigenvalue weighted by molar-refractivity contribution is 0.684. The maximum Gasteiger partial charge on any atom is 0.192 e. The van der Waals surface area contributed by atoms with E-state index in [-0.39, 0.29) is 0 Å². The third kappa shape index (κ3) is 2.94. The predicted octanol–water partition coefficient (Wildman–Crippen LogP) is 1.29. The maximum atomic E-state index is 5.75. The van der Waals surface area contributed by atoms with Crippen molar-refractivity contribution in [3.8, 4) is 0 Å². The van der Waals surface area contributed by atoms with Gasteiger partial charge in [-0.25, -0.2) is 19.6 Å². The number of hydrogen-bond acceptors (Lipinski definition) is 6. The number of aromatic nitrogens is 5. The van der Waals surface area contributed by atoms with E-state index < -0.39 is 0 Å². The molecular weight excluding hydrogens is 236 g/mol. The van der Waals surface area contributed by atoms with Gasteiger partial charge in [0, 0.05) is 19.5 Å². The highest BCUT2D eigenvalue weighted by Gasteiger charge is 2.07. The second kappa shape index (κ2) is 5.13.